The third-order valence-corrected chi connectivity index (χ3v) is 4.21. The van der Waals surface area contributed by atoms with Crippen molar-refractivity contribution in [2.45, 2.75) is 32.9 Å². The lowest BCUT2D eigenvalue weighted by molar-refractivity contribution is 0.256. The van der Waals surface area contributed by atoms with Crippen LogP contribution in [0.4, 0.5) is 4.39 Å². The number of benzene rings is 1. The fourth-order valence-corrected chi connectivity index (χ4v) is 2.89. The quantitative estimate of drug-likeness (QED) is 0.799. The van der Waals surface area contributed by atoms with E-state index in [0.29, 0.717) is 10.5 Å². The Hall–Kier alpha value is -0.410. The Balaban J connectivity index is 2.12. The second-order valence-corrected chi connectivity index (χ2v) is 5.63. The van der Waals surface area contributed by atoms with Crippen LogP contribution in [0.25, 0.3) is 0 Å². The highest BCUT2D eigenvalue weighted by atomic mass is 79.9. The molecular formula is C13H17BrFN. The van der Waals surface area contributed by atoms with Crippen molar-refractivity contribution >= 4 is 15.9 Å². The minimum atomic E-state index is -0.169. The summed E-state index contributed by atoms with van der Waals surface area (Å²) in [5.41, 5.74) is 1.04. The molecule has 2 unspecified atom stereocenters. The Bertz CT molecular complexity index is 380. The van der Waals surface area contributed by atoms with Crippen molar-refractivity contribution in [3.05, 3.63) is 34.1 Å². The van der Waals surface area contributed by atoms with E-state index in [1.165, 1.54) is 12.5 Å². The molecule has 0 spiro atoms. The molecule has 1 aliphatic rings. The standard InChI is InChI=1S/C13H17BrFN/c1-9-6-10(2)16(7-9)8-11-4-3-5-12(15)13(11)14/h3-5,9-10H,6-8H2,1-2H3. The molecule has 1 aliphatic heterocycles. The molecular weight excluding hydrogens is 269 g/mol. The molecule has 2 atom stereocenters. The van der Waals surface area contributed by atoms with Gasteiger partial charge in [-0.2, -0.15) is 0 Å². The fraction of sp³-hybridized carbons (Fsp3) is 0.538. The maximum atomic E-state index is 13.4. The third kappa shape index (κ3) is 2.46. The highest BCUT2D eigenvalue weighted by Crippen LogP contribution is 2.27. The molecule has 16 heavy (non-hydrogen) atoms. The van der Waals surface area contributed by atoms with Crippen LogP contribution in [0.2, 0.25) is 0 Å². The van der Waals surface area contributed by atoms with Crippen LogP contribution in [-0.4, -0.2) is 17.5 Å². The van der Waals surface area contributed by atoms with Crippen LogP contribution < -0.4 is 0 Å². The van der Waals surface area contributed by atoms with Gasteiger partial charge in [-0.3, -0.25) is 4.90 Å². The van der Waals surface area contributed by atoms with E-state index in [2.05, 4.69) is 34.7 Å². The SMILES string of the molecule is CC1CC(C)N(Cc2cccc(F)c2Br)C1. The van der Waals surface area contributed by atoms with E-state index in [0.717, 1.165) is 24.6 Å². The summed E-state index contributed by atoms with van der Waals surface area (Å²) in [5.74, 6) is 0.583. The lowest BCUT2D eigenvalue weighted by atomic mass is 10.1. The molecule has 0 amide bonds. The summed E-state index contributed by atoms with van der Waals surface area (Å²) < 4.78 is 14.0. The van der Waals surface area contributed by atoms with Crippen molar-refractivity contribution in [1.82, 2.24) is 4.90 Å². The van der Waals surface area contributed by atoms with Crippen molar-refractivity contribution < 1.29 is 4.39 Å². The van der Waals surface area contributed by atoms with Crippen molar-refractivity contribution in [2.24, 2.45) is 5.92 Å². The van der Waals surface area contributed by atoms with Crippen molar-refractivity contribution in [3.63, 3.8) is 0 Å². The topological polar surface area (TPSA) is 3.24 Å². The van der Waals surface area contributed by atoms with Gasteiger partial charge in [0.05, 0.1) is 4.47 Å². The fourth-order valence-electron chi connectivity index (χ4n) is 2.50. The number of hydrogen-bond donors (Lipinski definition) is 0. The first kappa shape index (κ1) is 12.1. The van der Waals surface area contributed by atoms with Crippen LogP contribution in [0.3, 0.4) is 0 Å². The summed E-state index contributed by atoms with van der Waals surface area (Å²) in [5, 5.41) is 0. The molecule has 88 valence electrons. The minimum Gasteiger partial charge on any atom is -0.296 e. The first-order valence-corrected chi connectivity index (χ1v) is 6.54. The molecule has 0 N–H and O–H groups in total. The van der Waals surface area contributed by atoms with Gasteiger partial charge in [-0.05, 0) is 46.8 Å². The number of hydrogen-bond acceptors (Lipinski definition) is 1. The van der Waals surface area contributed by atoms with Gasteiger partial charge in [-0.15, -0.1) is 0 Å². The zero-order valence-electron chi connectivity index (χ0n) is 9.71. The van der Waals surface area contributed by atoms with Crippen molar-refractivity contribution in [3.8, 4) is 0 Å². The molecule has 0 radical (unpaired) electrons. The Labute approximate surface area is 105 Å². The molecule has 0 saturated carbocycles. The molecule has 2 rings (SSSR count). The van der Waals surface area contributed by atoms with E-state index in [9.17, 15) is 4.39 Å². The van der Waals surface area contributed by atoms with Crippen LogP contribution >= 0.6 is 15.9 Å². The van der Waals surface area contributed by atoms with Crippen LogP contribution in [0.1, 0.15) is 25.8 Å². The molecule has 0 aromatic heterocycles. The van der Waals surface area contributed by atoms with Gasteiger partial charge in [0, 0.05) is 19.1 Å². The summed E-state index contributed by atoms with van der Waals surface area (Å²) in [6.07, 6.45) is 1.24. The number of rotatable bonds is 2. The van der Waals surface area contributed by atoms with Gasteiger partial charge in [0.2, 0.25) is 0 Å². The van der Waals surface area contributed by atoms with Gasteiger partial charge in [0.25, 0.3) is 0 Å². The summed E-state index contributed by atoms with van der Waals surface area (Å²) in [6.45, 7) is 6.47. The second kappa shape index (κ2) is 4.84. The van der Waals surface area contributed by atoms with Crippen LogP contribution in [0.15, 0.2) is 22.7 Å². The Morgan fingerprint density at radius 1 is 1.44 bits per heavy atom. The van der Waals surface area contributed by atoms with Crippen LogP contribution in [-0.2, 0) is 6.54 Å². The predicted octanol–water partition coefficient (Wildman–Crippen LogP) is 3.82. The summed E-state index contributed by atoms with van der Waals surface area (Å²) in [7, 11) is 0. The van der Waals surface area contributed by atoms with E-state index in [1.807, 2.05) is 6.07 Å². The average Bonchev–Trinajstić information content (AvgIpc) is 2.53. The summed E-state index contributed by atoms with van der Waals surface area (Å²) in [4.78, 5) is 2.42. The van der Waals surface area contributed by atoms with Crippen molar-refractivity contribution in [2.75, 3.05) is 6.54 Å². The van der Waals surface area contributed by atoms with E-state index >= 15 is 0 Å². The average molecular weight is 286 g/mol. The molecule has 1 aromatic carbocycles. The monoisotopic (exact) mass is 285 g/mol. The number of halogens is 2. The van der Waals surface area contributed by atoms with Gasteiger partial charge in [-0.1, -0.05) is 19.1 Å². The highest BCUT2D eigenvalue weighted by molar-refractivity contribution is 9.10. The van der Waals surface area contributed by atoms with Crippen molar-refractivity contribution in [1.29, 1.82) is 0 Å². The van der Waals surface area contributed by atoms with E-state index in [-0.39, 0.29) is 5.82 Å². The summed E-state index contributed by atoms with van der Waals surface area (Å²) >= 11 is 3.32. The Kier molecular flexibility index (Phi) is 3.65. The molecule has 0 aliphatic carbocycles. The Morgan fingerprint density at radius 2 is 2.19 bits per heavy atom. The van der Waals surface area contributed by atoms with Gasteiger partial charge >= 0.3 is 0 Å². The van der Waals surface area contributed by atoms with E-state index in [4.69, 9.17) is 0 Å². The first-order chi connectivity index (χ1) is 7.58. The zero-order chi connectivity index (χ0) is 11.7. The molecule has 1 saturated heterocycles. The Morgan fingerprint density at radius 3 is 2.81 bits per heavy atom. The molecule has 1 aromatic rings. The van der Waals surface area contributed by atoms with E-state index < -0.39 is 0 Å². The van der Waals surface area contributed by atoms with Gasteiger partial charge in [0.15, 0.2) is 0 Å². The first-order valence-electron chi connectivity index (χ1n) is 5.75. The lowest BCUT2D eigenvalue weighted by Crippen LogP contribution is -2.26. The predicted molar refractivity (Wildman–Crippen MR) is 67.8 cm³/mol. The molecule has 3 heteroatoms. The van der Waals surface area contributed by atoms with Gasteiger partial charge in [-0.25, -0.2) is 4.39 Å². The van der Waals surface area contributed by atoms with Gasteiger partial charge in [0.1, 0.15) is 5.82 Å². The maximum Gasteiger partial charge on any atom is 0.137 e. The molecule has 1 nitrogen and oxygen atoms in total. The normalized spacial score (nSPS) is 26.2. The molecule has 1 heterocycles. The van der Waals surface area contributed by atoms with Gasteiger partial charge < -0.3 is 0 Å². The molecule has 1 fully saturated rings. The zero-order valence-corrected chi connectivity index (χ0v) is 11.3. The highest BCUT2D eigenvalue weighted by Gasteiger charge is 2.26. The minimum absolute atomic E-state index is 0.169. The third-order valence-electron chi connectivity index (χ3n) is 3.32. The second-order valence-electron chi connectivity index (χ2n) is 4.83. The number of nitrogens with zero attached hydrogens (tertiary/aromatic N) is 1. The van der Waals surface area contributed by atoms with Crippen LogP contribution in [0.5, 0.6) is 0 Å². The smallest absolute Gasteiger partial charge is 0.137 e. The van der Waals surface area contributed by atoms with Crippen LogP contribution in [0, 0.1) is 11.7 Å². The summed E-state index contributed by atoms with van der Waals surface area (Å²) in [6, 6.07) is 5.86. The van der Waals surface area contributed by atoms with E-state index in [1.54, 1.807) is 6.07 Å². The lowest BCUT2D eigenvalue weighted by Gasteiger charge is -2.21. The number of likely N-dealkylation sites (tertiary alicyclic amines) is 1. The largest absolute Gasteiger partial charge is 0.296 e. The maximum absolute atomic E-state index is 13.4. The molecule has 0 bridgehead atoms.